The standard InChI is InChI=1S/C31H27F5N4O4/c1-43-23-10-19(8-18-9-22(16-2-3-16)39-40-25(18)23)28(41)37-14-31(42,29(35)36)24-11-21-27(44-15-30(21,12-32)13-33)26(38-24)17-4-6-20(34)7-5-17/h4-11,16,29,42H,2-3,12-15H2,1H3,(H,37,41)/t31-/m0/s1. The Kier molecular flexibility index (Phi) is 7.60. The number of aliphatic hydroxyl groups is 1. The van der Waals surface area contributed by atoms with Crippen molar-refractivity contribution in [3.63, 3.8) is 0 Å². The van der Waals surface area contributed by atoms with Crippen LogP contribution in [0.15, 0.2) is 48.5 Å². The highest BCUT2D eigenvalue weighted by molar-refractivity contribution is 6.00. The highest BCUT2D eigenvalue weighted by Crippen LogP contribution is 2.47. The Morgan fingerprint density at radius 3 is 2.50 bits per heavy atom. The summed E-state index contributed by atoms with van der Waals surface area (Å²) in [4.78, 5) is 17.5. The Balaban J connectivity index is 1.37. The molecule has 2 N–H and O–H groups in total. The molecule has 2 aromatic carbocycles. The molecule has 0 radical (unpaired) electrons. The Morgan fingerprint density at radius 1 is 1.14 bits per heavy atom. The quantitative estimate of drug-likeness (QED) is 0.238. The first-order valence-corrected chi connectivity index (χ1v) is 13.8. The van der Waals surface area contributed by atoms with E-state index in [4.69, 9.17) is 9.47 Å². The lowest BCUT2D eigenvalue weighted by Crippen LogP contribution is -2.46. The van der Waals surface area contributed by atoms with Crippen LogP contribution in [-0.2, 0) is 11.0 Å². The van der Waals surface area contributed by atoms with Gasteiger partial charge in [0.25, 0.3) is 12.3 Å². The molecule has 8 nitrogen and oxygen atoms in total. The van der Waals surface area contributed by atoms with Gasteiger partial charge in [-0.2, -0.15) is 5.10 Å². The number of ether oxygens (including phenoxy) is 2. The van der Waals surface area contributed by atoms with Crippen LogP contribution in [0.3, 0.4) is 0 Å². The van der Waals surface area contributed by atoms with Crippen molar-refractivity contribution in [3.8, 4) is 22.8 Å². The van der Waals surface area contributed by atoms with Gasteiger partial charge in [0.05, 0.1) is 30.5 Å². The summed E-state index contributed by atoms with van der Waals surface area (Å²) in [5, 5.41) is 22.7. The van der Waals surface area contributed by atoms with Crippen LogP contribution in [0, 0.1) is 5.82 Å². The average molecular weight is 615 g/mol. The van der Waals surface area contributed by atoms with E-state index in [1.54, 1.807) is 6.07 Å². The van der Waals surface area contributed by atoms with Crippen LogP contribution in [0.2, 0.25) is 0 Å². The van der Waals surface area contributed by atoms with Crippen molar-refractivity contribution >= 4 is 16.8 Å². The third-order valence-corrected chi connectivity index (χ3v) is 8.14. The van der Waals surface area contributed by atoms with Gasteiger partial charge in [0.1, 0.15) is 48.5 Å². The van der Waals surface area contributed by atoms with Crippen molar-refractivity contribution in [2.75, 3.05) is 33.6 Å². The SMILES string of the molecule is COc1cc(C(=O)NC[C@](O)(c2cc3c(c(-c4ccc(F)cc4)n2)OCC3(CF)CF)C(F)F)cc2cc(C3CC3)nnc12. The first-order chi connectivity index (χ1) is 21.1. The van der Waals surface area contributed by atoms with E-state index >= 15 is 0 Å². The van der Waals surface area contributed by atoms with E-state index in [0.29, 0.717) is 10.9 Å². The minimum Gasteiger partial charge on any atom is -0.494 e. The number of alkyl halides is 4. The second-order valence-electron chi connectivity index (χ2n) is 11.1. The number of fused-ring (bicyclic) bond motifs is 2. The number of rotatable bonds is 10. The summed E-state index contributed by atoms with van der Waals surface area (Å²) < 4.78 is 82.4. The number of nitrogens with zero attached hydrogens (tertiary/aromatic N) is 3. The van der Waals surface area contributed by atoms with Gasteiger partial charge in [-0.3, -0.25) is 4.79 Å². The fourth-order valence-electron chi connectivity index (χ4n) is 5.25. The Labute approximate surface area is 248 Å². The molecule has 1 amide bonds. The number of halogens is 5. The molecule has 0 unspecified atom stereocenters. The molecule has 1 aliphatic carbocycles. The maximum absolute atomic E-state index is 14.7. The summed E-state index contributed by atoms with van der Waals surface area (Å²) in [5.41, 5.74) is -4.34. The number of methoxy groups -OCH3 is 1. The van der Waals surface area contributed by atoms with E-state index in [1.165, 1.54) is 31.4 Å². The van der Waals surface area contributed by atoms with Crippen LogP contribution in [0.1, 0.15) is 46.1 Å². The molecule has 13 heteroatoms. The number of benzene rings is 2. The van der Waals surface area contributed by atoms with E-state index in [1.807, 2.05) is 0 Å². The van der Waals surface area contributed by atoms with Gasteiger partial charge in [-0.15, -0.1) is 5.10 Å². The van der Waals surface area contributed by atoms with Crippen molar-refractivity contribution in [2.24, 2.45) is 0 Å². The van der Waals surface area contributed by atoms with Crippen molar-refractivity contribution < 1.29 is 41.3 Å². The molecule has 0 saturated heterocycles. The van der Waals surface area contributed by atoms with Crippen LogP contribution in [0.25, 0.3) is 22.2 Å². The molecule has 44 heavy (non-hydrogen) atoms. The molecule has 1 fully saturated rings. The van der Waals surface area contributed by atoms with Crippen molar-refractivity contribution in [3.05, 3.63) is 76.9 Å². The molecular formula is C31H27F5N4O4. The monoisotopic (exact) mass is 614 g/mol. The maximum atomic E-state index is 14.7. The van der Waals surface area contributed by atoms with Crippen LogP contribution >= 0.6 is 0 Å². The first-order valence-electron chi connectivity index (χ1n) is 13.8. The van der Waals surface area contributed by atoms with Crippen molar-refractivity contribution in [1.82, 2.24) is 20.5 Å². The number of amides is 1. The van der Waals surface area contributed by atoms with E-state index in [2.05, 4.69) is 20.5 Å². The fourth-order valence-corrected chi connectivity index (χ4v) is 5.25. The van der Waals surface area contributed by atoms with Crippen LogP contribution in [0.5, 0.6) is 11.5 Å². The predicted molar refractivity (Wildman–Crippen MR) is 149 cm³/mol. The zero-order valence-electron chi connectivity index (χ0n) is 23.4. The van der Waals surface area contributed by atoms with Gasteiger partial charge in [-0.05, 0) is 61.4 Å². The minimum atomic E-state index is -3.50. The predicted octanol–water partition coefficient (Wildman–Crippen LogP) is 5.17. The van der Waals surface area contributed by atoms with Crippen LogP contribution in [-0.4, -0.2) is 66.2 Å². The number of carbonyl (C=O) groups excluding carboxylic acids is 1. The van der Waals surface area contributed by atoms with E-state index in [-0.39, 0.29) is 39.8 Å². The highest BCUT2D eigenvalue weighted by atomic mass is 19.3. The third kappa shape index (κ3) is 5.08. The van der Waals surface area contributed by atoms with Gasteiger partial charge in [0.2, 0.25) is 0 Å². The van der Waals surface area contributed by atoms with Gasteiger partial charge in [-0.1, -0.05) is 0 Å². The zero-order chi connectivity index (χ0) is 31.2. The van der Waals surface area contributed by atoms with E-state index in [9.17, 15) is 31.9 Å². The van der Waals surface area contributed by atoms with Gasteiger partial charge in [0, 0.05) is 28.0 Å². The summed E-state index contributed by atoms with van der Waals surface area (Å²) in [6.07, 6.45) is -1.54. The summed E-state index contributed by atoms with van der Waals surface area (Å²) in [5.74, 6) is -0.927. The number of hydrogen-bond donors (Lipinski definition) is 2. The Hall–Kier alpha value is -4.39. The molecule has 1 aliphatic heterocycles. The summed E-state index contributed by atoms with van der Waals surface area (Å²) in [6.45, 7) is -3.89. The van der Waals surface area contributed by atoms with Crippen molar-refractivity contribution in [1.29, 1.82) is 0 Å². The molecule has 6 rings (SSSR count). The molecular weight excluding hydrogens is 587 g/mol. The maximum Gasteiger partial charge on any atom is 0.274 e. The lowest BCUT2D eigenvalue weighted by atomic mass is 9.83. The summed E-state index contributed by atoms with van der Waals surface area (Å²) in [7, 11) is 1.39. The van der Waals surface area contributed by atoms with E-state index < -0.39 is 61.4 Å². The molecule has 1 saturated carbocycles. The molecule has 0 bridgehead atoms. The molecule has 230 valence electrons. The summed E-state index contributed by atoms with van der Waals surface area (Å²) in [6, 6.07) is 10.5. The number of carbonyl (C=O) groups is 1. The number of nitrogens with one attached hydrogen (secondary N) is 1. The number of aromatic nitrogens is 3. The minimum absolute atomic E-state index is 0.0527. The average Bonchev–Trinajstić information content (AvgIpc) is 3.83. The lowest BCUT2D eigenvalue weighted by Gasteiger charge is -2.29. The molecule has 3 heterocycles. The number of hydrogen-bond acceptors (Lipinski definition) is 7. The highest BCUT2D eigenvalue weighted by Gasteiger charge is 2.48. The zero-order valence-corrected chi connectivity index (χ0v) is 23.4. The number of pyridine rings is 1. The first kappa shape index (κ1) is 29.7. The molecule has 1 atom stereocenters. The smallest absolute Gasteiger partial charge is 0.274 e. The third-order valence-electron chi connectivity index (χ3n) is 8.14. The van der Waals surface area contributed by atoms with E-state index in [0.717, 1.165) is 36.7 Å². The second-order valence-corrected chi connectivity index (χ2v) is 11.1. The topological polar surface area (TPSA) is 106 Å². The van der Waals surface area contributed by atoms with Gasteiger partial charge in [-0.25, -0.2) is 26.9 Å². The fraction of sp³-hybridized carbons (Fsp3) is 0.355. The van der Waals surface area contributed by atoms with Crippen LogP contribution in [0.4, 0.5) is 22.0 Å². The van der Waals surface area contributed by atoms with Gasteiger partial charge in [0.15, 0.2) is 5.60 Å². The normalized spacial score (nSPS) is 16.8. The molecule has 2 aliphatic rings. The second kappa shape index (κ2) is 11.3. The Morgan fingerprint density at radius 2 is 1.86 bits per heavy atom. The molecule has 0 spiro atoms. The van der Waals surface area contributed by atoms with Crippen LogP contribution < -0.4 is 14.8 Å². The van der Waals surface area contributed by atoms with Crippen molar-refractivity contribution in [2.45, 2.75) is 36.2 Å². The Bertz CT molecular complexity index is 1730. The van der Waals surface area contributed by atoms with Gasteiger partial charge >= 0.3 is 0 Å². The lowest BCUT2D eigenvalue weighted by molar-refractivity contribution is -0.101. The largest absolute Gasteiger partial charge is 0.494 e. The summed E-state index contributed by atoms with van der Waals surface area (Å²) >= 11 is 0. The molecule has 4 aromatic rings. The molecule has 2 aromatic heterocycles. The van der Waals surface area contributed by atoms with Gasteiger partial charge < -0.3 is 19.9 Å².